The summed E-state index contributed by atoms with van der Waals surface area (Å²) in [5.74, 6) is -2.15. The highest BCUT2D eigenvalue weighted by Crippen LogP contribution is 2.30. The lowest BCUT2D eigenvalue weighted by molar-refractivity contribution is -0.149. The van der Waals surface area contributed by atoms with Crippen LogP contribution in [-0.4, -0.2) is 57.1 Å². The van der Waals surface area contributed by atoms with Crippen molar-refractivity contribution in [2.24, 2.45) is 5.10 Å². The van der Waals surface area contributed by atoms with Crippen LogP contribution in [0.25, 0.3) is 0 Å². The number of hydrogen-bond donors (Lipinski definition) is 2. The summed E-state index contributed by atoms with van der Waals surface area (Å²) >= 11 is 1.00. The average molecular weight is 470 g/mol. The van der Waals surface area contributed by atoms with Crippen molar-refractivity contribution in [1.82, 2.24) is 10.3 Å². The molecule has 0 aromatic heterocycles. The molecule has 1 aliphatic rings. The van der Waals surface area contributed by atoms with Crippen molar-refractivity contribution in [3.05, 3.63) is 71.8 Å². The Kier molecular flexibility index (Phi) is 8.62. The molecule has 3 atom stereocenters. The van der Waals surface area contributed by atoms with E-state index in [0.29, 0.717) is 17.9 Å². The molecule has 0 saturated carbocycles. The molecule has 1 amide bonds. The van der Waals surface area contributed by atoms with E-state index in [-0.39, 0.29) is 6.61 Å². The number of esters is 1. The highest BCUT2D eigenvalue weighted by molar-refractivity contribution is 8.15. The van der Waals surface area contributed by atoms with E-state index < -0.39 is 35.3 Å². The lowest BCUT2D eigenvalue weighted by atomic mass is 10.0. The topological polar surface area (TPSA) is 108 Å². The highest BCUT2D eigenvalue weighted by atomic mass is 32.2. The van der Waals surface area contributed by atoms with Crippen molar-refractivity contribution in [3.63, 3.8) is 0 Å². The predicted octanol–water partition coefficient (Wildman–Crippen LogP) is 2.88. The maximum atomic E-state index is 13.2. The summed E-state index contributed by atoms with van der Waals surface area (Å²) in [6, 6.07) is 17.2. The fourth-order valence-electron chi connectivity index (χ4n) is 3.40. The smallest absolute Gasteiger partial charge is 0.339 e. The number of benzene rings is 2. The summed E-state index contributed by atoms with van der Waals surface area (Å²) in [6.07, 6.45) is 1.04. The molecule has 0 radical (unpaired) electrons. The van der Waals surface area contributed by atoms with Crippen LogP contribution in [0.5, 0.6) is 0 Å². The molecular weight excluding hydrogens is 442 g/mol. The van der Waals surface area contributed by atoms with Gasteiger partial charge in [0.1, 0.15) is 11.1 Å². The number of hydrazone groups is 1. The zero-order chi connectivity index (χ0) is 23.8. The first-order chi connectivity index (χ1) is 15.9. The van der Waals surface area contributed by atoms with E-state index in [1.807, 2.05) is 48.5 Å². The largest absolute Gasteiger partial charge is 0.479 e. The fourth-order valence-corrected chi connectivity index (χ4v) is 4.37. The van der Waals surface area contributed by atoms with Gasteiger partial charge in [-0.3, -0.25) is 14.9 Å². The number of aryl methyl sites for hydroxylation is 1. The van der Waals surface area contributed by atoms with Gasteiger partial charge < -0.3 is 9.84 Å². The first-order valence-electron chi connectivity index (χ1n) is 10.7. The van der Waals surface area contributed by atoms with Gasteiger partial charge in [-0.1, -0.05) is 72.4 Å². The summed E-state index contributed by atoms with van der Waals surface area (Å²) in [7, 11) is 0. The molecule has 0 fully saturated rings. The van der Waals surface area contributed by atoms with Crippen molar-refractivity contribution in [2.45, 2.75) is 44.1 Å². The molecule has 0 bridgehead atoms. The van der Waals surface area contributed by atoms with Gasteiger partial charge in [-0.2, -0.15) is 5.10 Å². The van der Waals surface area contributed by atoms with Crippen LogP contribution in [0.1, 0.15) is 31.4 Å². The second-order valence-electron chi connectivity index (χ2n) is 7.48. The van der Waals surface area contributed by atoms with E-state index in [1.54, 1.807) is 26.0 Å². The maximum Gasteiger partial charge on any atom is 0.339 e. The number of carboxylic acid groups (broad SMARTS) is 1. The molecule has 0 unspecified atom stereocenters. The van der Waals surface area contributed by atoms with Crippen molar-refractivity contribution in [2.75, 3.05) is 6.61 Å². The molecule has 0 spiro atoms. The van der Waals surface area contributed by atoms with Crippen LogP contribution in [0.15, 0.2) is 65.8 Å². The van der Waals surface area contributed by atoms with Gasteiger partial charge in [0.05, 0.1) is 12.6 Å². The van der Waals surface area contributed by atoms with Gasteiger partial charge >= 0.3 is 11.9 Å². The normalized spacial score (nSPS) is 17.2. The minimum Gasteiger partial charge on any atom is -0.479 e. The molecule has 2 aromatic carbocycles. The van der Waals surface area contributed by atoms with Gasteiger partial charge in [-0.05, 0) is 32.3 Å². The number of hydrogen-bond acceptors (Lipinski definition) is 7. The molecular formula is C24H27N3O5S. The van der Waals surface area contributed by atoms with Gasteiger partial charge in [0, 0.05) is 5.56 Å². The van der Waals surface area contributed by atoms with Gasteiger partial charge in [0.25, 0.3) is 5.91 Å². The van der Waals surface area contributed by atoms with E-state index in [1.165, 1.54) is 0 Å². The number of amides is 1. The number of carboxylic acids is 1. The average Bonchev–Trinajstić information content (AvgIpc) is 3.28. The Morgan fingerprint density at radius 2 is 1.76 bits per heavy atom. The first-order valence-corrected chi connectivity index (χ1v) is 11.6. The summed E-state index contributed by atoms with van der Waals surface area (Å²) in [6.45, 7) is 3.54. The quantitative estimate of drug-likeness (QED) is 0.515. The van der Waals surface area contributed by atoms with Crippen LogP contribution in [-0.2, 0) is 25.5 Å². The SMILES string of the molecule is CCOC(=O)[C@H](CCc1ccccc1)N[C@@H](C)C(=O)N1N=C(c2ccccc2)S[C@@H]1C(=O)O. The monoisotopic (exact) mass is 469 g/mol. The van der Waals surface area contributed by atoms with E-state index in [2.05, 4.69) is 10.4 Å². The molecule has 2 N–H and O–H groups in total. The van der Waals surface area contributed by atoms with Gasteiger partial charge in [-0.15, -0.1) is 0 Å². The number of carbonyl (C=O) groups is 3. The summed E-state index contributed by atoms with van der Waals surface area (Å²) in [5, 5.41) is 17.2. The number of ether oxygens (including phenoxy) is 1. The third kappa shape index (κ3) is 6.43. The Hall–Kier alpha value is -3.17. The fraction of sp³-hybridized carbons (Fsp3) is 0.333. The number of rotatable bonds is 10. The lowest BCUT2D eigenvalue weighted by Gasteiger charge is -2.25. The molecule has 9 heteroatoms. The van der Waals surface area contributed by atoms with Crippen molar-refractivity contribution in [3.8, 4) is 0 Å². The minimum atomic E-state index is -1.18. The van der Waals surface area contributed by atoms with Crippen LogP contribution in [0.3, 0.4) is 0 Å². The lowest BCUT2D eigenvalue weighted by Crippen LogP contribution is -2.52. The van der Waals surface area contributed by atoms with E-state index in [4.69, 9.17) is 4.74 Å². The zero-order valence-electron chi connectivity index (χ0n) is 18.5. The van der Waals surface area contributed by atoms with Crippen LogP contribution in [0, 0.1) is 0 Å². The number of carbonyl (C=O) groups excluding carboxylic acids is 2. The van der Waals surface area contributed by atoms with Crippen LogP contribution in [0.2, 0.25) is 0 Å². The maximum absolute atomic E-state index is 13.2. The predicted molar refractivity (Wildman–Crippen MR) is 127 cm³/mol. The Balaban J connectivity index is 1.73. The second-order valence-corrected chi connectivity index (χ2v) is 8.55. The molecule has 0 aliphatic carbocycles. The van der Waals surface area contributed by atoms with Crippen molar-refractivity contribution in [1.29, 1.82) is 0 Å². The molecule has 174 valence electrons. The van der Waals surface area contributed by atoms with E-state index >= 15 is 0 Å². The summed E-state index contributed by atoms with van der Waals surface area (Å²) in [5.41, 5.74) is 1.79. The molecule has 1 heterocycles. The molecule has 0 saturated heterocycles. The Morgan fingerprint density at radius 1 is 1.12 bits per heavy atom. The third-order valence-electron chi connectivity index (χ3n) is 5.06. The third-order valence-corrected chi connectivity index (χ3v) is 6.22. The Labute approximate surface area is 197 Å². The Morgan fingerprint density at radius 3 is 2.36 bits per heavy atom. The van der Waals surface area contributed by atoms with Crippen molar-refractivity contribution >= 4 is 34.7 Å². The Bertz CT molecular complexity index is 1000. The molecule has 1 aliphatic heterocycles. The van der Waals surface area contributed by atoms with Gasteiger partial charge in [0.2, 0.25) is 5.37 Å². The van der Waals surface area contributed by atoms with Crippen molar-refractivity contribution < 1.29 is 24.2 Å². The minimum absolute atomic E-state index is 0.221. The summed E-state index contributed by atoms with van der Waals surface area (Å²) in [4.78, 5) is 37.5. The highest BCUT2D eigenvalue weighted by Gasteiger charge is 2.40. The van der Waals surface area contributed by atoms with Crippen LogP contribution in [0.4, 0.5) is 0 Å². The molecule has 2 aromatic rings. The van der Waals surface area contributed by atoms with Gasteiger partial charge in [0.15, 0.2) is 0 Å². The van der Waals surface area contributed by atoms with Crippen LogP contribution >= 0.6 is 11.8 Å². The summed E-state index contributed by atoms with van der Waals surface area (Å²) < 4.78 is 5.18. The number of thioether (sulfide) groups is 1. The van der Waals surface area contributed by atoms with E-state index in [9.17, 15) is 19.5 Å². The number of nitrogens with one attached hydrogen (secondary N) is 1. The molecule has 33 heavy (non-hydrogen) atoms. The van der Waals surface area contributed by atoms with E-state index in [0.717, 1.165) is 27.9 Å². The standard InChI is InChI=1S/C24H27N3O5S/c1-3-32-24(31)19(15-14-17-10-6-4-7-11-17)25-16(2)21(28)27-22(23(29)30)33-20(26-27)18-12-8-5-9-13-18/h4-13,16,19,22,25H,3,14-15H2,1-2H3,(H,29,30)/t16-,19-,22+/m0/s1. The first kappa shape index (κ1) is 24.5. The van der Waals surface area contributed by atoms with Crippen LogP contribution < -0.4 is 5.32 Å². The van der Waals surface area contributed by atoms with Gasteiger partial charge in [-0.25, -0.2) is 9.80 Å². The second kappa shape index (κ2) is 11.6. The molecule has 3 rings (SSSR count). The molecule has 8 nitrogen and oxygen atoms in total. The number of aliphatic carboxylic acids is 1. The zero-order valence-corrected chi connectivity index (χ0v) is 19.3. The number of nitrogens with zero attached hydrogens (tertiary/aromatic N) is 2.